The van der Waals surface area contributed by atoms with Crippen molar-refractivity contribution in [1.82, 2.24) is 19.7 Å². The average Bonchev–Trinajstić information content (AvgIpc) is 3.22. The minimum Gasteiger partial charge on any atom is -0.346 e. The summed E-state index contributed by atoms with van der Waals surface area (Å²) in [5, 5.41) is 3.85. The summed E-state index contributed by atoms with van der Waals surface area (Å²) in [4.78, 5) is 22.6. The van der Waals surface area contributed by atoms with E-state index >= 15 is 0 Å². The number of amides is 1. The molecule has 0 spiro atoms. The first kappa shape index (κ1) is 18.4. The number of carbonyl (C=O) groups is 1. The van der Waals surface area contributed by atoms with E-state index in [4.69, 9.17) is 0 Å². The van der Waals surface area contributed by atoms with Crippen LogP contribution in [0.1, 0.15) is 37.7 Å². The maximum Gasteiger partial charge on any atom is 0.263 e. The second-order valence-electron chi connectivity index (χ2n) is 7.14. The van der Waals surface area contributed by atoms with Crippen LogP contribution in [0.25, 0.3) is 16.2 Å². The van der Waals surface area contributed by atoms with Crippen molar-refractivity contribution >= 4 is 22.9 Å². The molecule has 3 heterocycles. The van der Waals surface area contributed by atoms with Crippen LogP contribution < -0.4 is 5.32 Å². The number of hydrogen-bond acceptors (Lipinski definition) is 4. The van der Waals surface area contributed by atoms with Gasteiger partial charge in [-0.3, -0.25) is 4.79 Å². The molecule has 1 N–H and O–H groups in total. The summed E-state index contributed by atoms with van der Waals surface area (Å²) in [6.45, 7) is 8.45. The zero-order chi connectivity index (χ0) is 19.8. The molecule has 28 heavy (non-hydrogen) atoms. The molecule has 0 fully saturated rings. The number of pyridine rings is 1. The molecule has 0 aliphatic carbocycles. The average molecular weight is 391 g/mol. The van der Waals surface area contributed by atoms with Gasteiger partial charge in [0, 0.05) is 18.0 Å². The van der Waals surface area contributed by atoms with Crippen LogP contribution in [0.5, 0.6) is 0 Å². The third-order valence-electron chi connectivity index (χ3n) is 4.71. The first-order chi connectivity index (χ1) is 13.4. The van der Waals surface area contributed by atoms with E-state index in [-0.39, 0.29) is 5.91 Å². The number of nitrogens with zero attached hydrogens (tertiary/aromatic N) is 3. The molecule has 0 aliphatic rings. The molecule has 0 bridgehead atoms. The van der Waals surface area contributed by atoms with Gasteiger partial charge >= 0.3 is 0 Å². The first-order valence-corrected chi connectivity index (χ1v) is 10.00. The highest BCUT2D eigenvalue weighted by Crippen LogP contribution is 2.30. The molecule has 0 radical (unpaired) electrons. The maximum absolute atomic E-state index is 12.7. The fourth-order valence-corrected chi connectivity index (χ4v) is 4.32. The minimum absolute atomic E-state index is 0.112. The normalized spacial score (nSPS) is 11.1. The summed E-state index contributed by atoms with van der Waals surface area (Å²) >= 11 is 1.43. The van der Waals surface area contributed by atoms with Crippen LogP contribution in [0, 0.1) is 27.7 Å². The lowest BCUT2D eigenvalue weighted by Gasteiger charge is -2.03. The fraction of sp³-hybridized carbons (Fsp3) is 0.227. The number of aromatic nitrogens is 3. The van der Waals surface area contributed by atoms with Crippen molar-refractivity contribution in [3.8, 4) is 10.6 Å². The molecule has 0 atom stereocenters. The van der Waals surface area contributed by atoms with Gasteiger partial charge in [0.2, 0.25) is 0 Å². The van der Waals surface area contributed by atoms with Crippen LogP contribution in [0.15, 0.2) is 42.7 Å². The Labute approximate surface area is 168 Å². The Kier molecular flexibility index (Phi) is 4.73. The summed E-state index contributed by atoms with van der Waals surface area (Å²) in [5.74, 6) is -0.112. The van der Waals surface area contributed by atoms with Crippen molar-refractivity contribution in [2.75, 3.05) is 0 Å². The van der Waals surface area contributed by atoms with E-state index in [9.17, 15) is 4.79 Å². The van der Waals surface area contributed by atoms with E-state index in [1.54, 1.807) is 0 Å². The van der Waals surface area contributed by atoms with Crippen molar-refractivity contribution in [3.05, 3.63) is 75.7 Å². The van der Waals surface area contributed by atoms with Gasteiger partial charge in [-0.1, -0.05) is 23.8 Å². The van der Waals surface area contributed by atoms with Crippen LogP contribution in [0.2, 0.25) is 0 Å². The third-order valence-corrected chi connectivity index (χ3v) is 5.90. The molecule has 1 amide bonds. The lowest BCUT2D eigenvalue weighted by Crippen LogP contribution is -2.22. The fourth-order valence-electron chi connectivity index (χ4n) is 3.25. The highest BCUT2D eigenvalue weighted by Gasteiger charge is 2.17. The molecule has 1 aromatic carbocycles. The lowest BCUT2D eigenvalue weighted by atomic mass is 10.1. The van der Waals surface area contributed by atoms with E-state index in [1.165, 1.54) is 22.5 Å². The van der Waals surface area contributed by atoms with Crippen LogP contribution in [-0.2, 0) is 6.54 Å². The number of aryl methyl sites for hydroxylation is 4. The van der Waals surface area contributed by atoms with E-state index in [2.05, 4.69) is 47.3 Å². The molecule has 142 valence electrons. The molecule has 0 unspecified atom stereocenters. The Bertz CT molecular complexity index is 1190. The predicted molar refractivity (Wildman–Crippen MR) is 113 cm³/mol. The van der Waals surface area contributed by atoms with Crippen molar-refractivity contribution in [2.24, 2.45) is 0 Å². The second kappa shape index (κ2) is 7.20. The van der Waals surface area contributed by atoms with E-state index < -0.39 is 0 Å². The molecule has 6 heteroatoms. The molecule has 4 rings (SSSR count). The number of hydrogen-bond donors (Lipinski definition) is 1. The van der Waals surface area contributed by atoms with Gasteiger partial charge in [0.1, 0.15) is 15.5 Å². The van der Waals surface area contributed by atoms with Gasteiger partial charge in [0.05, 0.1) is 17.9 Å². The second-order valence-corrected chi connectivity index (χ2v) is 8.14. The number of nitrogens with one attached hydrogen (secondary N) is 1. The quantitative estimate of drug-likeness (QED) is 0.553. The summed E-state index contributed by atoms with van der Waals surface area (Å²) in [6.07, 6.45) is 3.92. The Morgan fingerprint density at radius 1 is 1.07 bits per heavy atom. The molecule has 0 saturated heterocycles. The minimum atomic E-state index is -0.112. The summed E-state index contributed by atoms with van der Waals surface area (Å²) < 4.78 is 1.96. The van der Waals surface area contributed by atoms with Gasteiger partial charge in [-0.2, -0.15) is 0 Å². The standard InChI is InChI=1S/C22H22N4OS/c1-13-5-6-18(15(3)9-13)22-24-16(4)20(28-22)21(27)23-11-17-12-26-8-7-14(2)10-19(26)25-17/h5-10,12H,11H2,1-4H3,(H,23,27). The number of fused-ring (bicyclic) bond motifs is 1. The van der Waals surface area contributed by atoms with Crippen LogP contribution in [0.3, 0.4) is 0 Å². The van der Waals surface area contributed by atoms with Crippen LogP contribution in [0.4, 0.5) is 0 Å². The van der Waals surface area contributed by atoms with Crippen molar-refractivity contribution in [3.63, 3.8) is 0 Å². The number of imidazole rings is 1. The van der Waals surface area contributed by atoms with Gasteiger partial charge in [-0.25, -0.2) is 9.97 Å². The van der Waals surface area contributed by atoms with Gasteiger partial charge in [0.25, 0.3) is 5.91 Å². The van der Waals surface area contributed by atoms with E-state index in [0.717, 1.165) is 33.2 Å². The molecule has 5 nitrogen and oxygen atoms in total. The molecule has 0 saturated carbocycles. The van der Waals surface area contributed by atoms with Crippen molar-refractivity contribution in [2.45, 2.75) is 34.2 Å². The highest BCUT2D eigenvalue weighted by atomic mass is 32.1. The SMILES string of the molecule is Cc1ccc(-c2nc(C)c(C(=O)NCc3cn4ccc(C)cc4n3)s2)c(C)c1. The topological polar surface area (TPSA) is 59.3 Å². The monoisotopic (exact) mass is 390 g/mol. The van der Waals surface area contributed by atoms with Gasteiger partial charge in [0.15, 0.2) is 0 Å². The van der Waals surface area contributed by atoms with Crippen molar-refractivity contribution < 1.29 is 4.79 Å². The Hall–Kier alpha value is -2.99. The number of carbonyl (C=O) groups excluding carboxylic acids is 1. The van der Waals surface area contributed by atoms with E-state index in [1.807, 2.05) is 42.8 Å². The smallest absolute Gasteiger partial charge is 0.263 e. The molecule has 3 aromatic heterocycles. The molecular formula is C22H22N4OS. The molecule has 4 aromatic rings. The van der Waals surface area contributed by atoms with Crippen LogP contribution in [-0.4, -0.2) is 20.3 Å². The number of benzene rings is 1. The number of thiazole rings is 1. The van der Waals surface area contributed by atoms with Crippen LogP contribution >= 0.6 is 11.3 Å². The van der Waals surface area contributed by atoms with Gasteiger partial charge in [-0.15, -0.1) is 11.3 Å². The summed E-state index contributed by atoms with van der Waals surface area (Å²) in [5.41, 5.74) is 7.09. The molecule has 0 aliphatic heterocycles. The lowest BCUT2D eigenvalue weighted by molar-refractivity contribution is 0.0953. The Morgan fingerprint density at radius 3 is 2.64 bits per heavy atom. The summed E-state index contributed by atoms with van der Waals surface area (Å²) in [7, 11) is 0. The Balaban J connectivity index is 1.52. The first-order valence-electron chi connectivity index (χ1n) is 9.18. The predicted octanol–water partition coefficient (Wildman–Crippen LogP) is 4.62. The largest absolute Gasteiger partial charge is 0.346 e. The zero-order valence-electron chi connectivity index (χ0n) is 16.4. The third kappa shape index (κ3) is 3.55. The van der Waals surface area contributed by atoms with E-state index in [0.29, 0.717) is 11.4 Å². The van der Waals surface area contributed by atoms with Crippen molar-refractivity contribution in [1.29, 1.82) is 0 Å². The Morgan fingerprint density at radius 2 is 1.86 bits per heavy atom. The van der Waals surface area contributed by atoms with Gasteiger partial charge < -0.3 is 9.72 Å². The molecular weight excluding hydrogens is 368 g/mol. The number of rotatable bonds is 4. The maximum atomic E-state index is 12.7. The van der Waals surface area contributed by atoms with Gasteiger partial charge in [-0.05, 0) is 51.0 Å². The zero-order valence-corrected chi connectivity index (χ0v) is 17.2. The highest BCUT2D eigenvalue weighted by molar-refractivity contribution is 7.17. The summed E-state index contributed by atoms with van der Waals surface area (Å²) in [6, 6.07) is 10.3.